The van der Waals surface area contributed by atoms with Gasteiger partial charge in [0.05, 0.1) is 5.56 Å². The molecule has 1 aromatic heterocycles. The van der Waals surface area contributed by atoms with Crippen molar-refractivity contribution in [2.75, 3.05) is 11.1 Å². The molecular formula is C14H14BrN3O4. The smallest absolute Gasteiger partial charge is 0.341 e. The number of aryl methyl sites for hydroxylation is 1. The van der Waals surface area contributed by atoms with E-state index in [4.69, 9.17) is 15.0 Å². The molecule has 0 aliphatic carbocycles. The van der Waals surface area contributed by atoms with Gasteiger partial charge in [-0.25, -0.2) is 4.79 Å². The van der Waals surface area contributed by atoms with Crippen LogP contribution in [0, 0.1) is 6.92 Å². The lowest BCUT2D eigenvalue weighted by Crippen LogP contribution is -2.30. The quantitative estimate of drug-likeness (QED) is 0.634. The fourth-order valence-corrected chi connectivity index (χ4v) is 2.00. The second-order valence-corrected chi connectivity index (χ2v) is 5.51. The Kier molecular flexibility index (Phi) is 4.81. The van der Waals surface area contributed by atoms with Crippen molar-refractivity contribution in [1.82, 2.24) is 5.16 Å². The third-order valence-electron chi connectivity index (χ3n) is 2.77. The van der Waals surface area contributed by atoms with E-state index in [-0.39, 0.29) is 17.1 Å². The Labute approximate surface area is 134 Å². The molecule has 7 nitrogen and oxygen atoms in total. The van der Waals surface area contributed by atoms with Gasteiger partial charge in [-0.2, -0.15) is 0 Å². The van der Waals surface area contributed by atoms with Crippen LogP contribution in [0.2, 0.25) is 0 Å². The second kappa shape index (κ2) is 6.61. The lowest BCUT2D eigenvalue weighted by molar-refractivity contribution is -0.123. The number of ether oxygens (including phenoxy) is 1. The largest absolute Gasteiger partial charge is 0.449 e. The van der Waals surface area contributed by atoms with Crippen LogP contribution in [0.4, 0.5) is 11.5 Å². The summed E-state index contributed by atoms with van der Waals surface area (Å²) in [4.78, 5) is 24.0. The molecule has 0 bridgehead atoms. The van der Waals surface area contributed by atoms with Crippen molar-refractivity contribution in [1.29, 1.82) is 0 Å². The van der Waals surface area contributed by atoms with Gasteiger partial charge in [-0.05, 0) is 32.0 Å². The molecule has 0 spiro atoms. The van der Waals surface area contributed by atoms with Crippen LogP contribution >= 0.6 is 15.9 Å². The number of nitrogens with one attached hydrogen (secondary N) is 1. The van der Waals surface area contributed by atoms with Crippen LogP contribution in [-0.2, 0) is 9.53 Å². The first-order valence-corrected chi connectivity index (χ1v) is 7.16. The van der Waals surface area contributed by atoms with Gasteiger partial charge < -0.3 is 20.3 Å². The van der Waals surface area contributed by atoms with Gasteiger partial charge in [0, 0.05) is 16.2 Å². The number of amides is 1. The van der Waals surface area contributed by atoms with E-state index in [0.717, 1.165) is 0 Å². The Morgan fingerprint density at radius 1 is 1.41 bits per heavy atom. The highest BCUT2D eigenvalue weighted by Gasteiger charge is 2.21. The molecule has 0 aliphatic heterocycles. The summed E-state index contributed by atoms with van der Waals surface area (Å²) >= 11 is 3.25. The predicted octanol–water partition coefficient (Wildman–Crippen LogP) is 2.51. The highest BCUT2D eigenvalue weighted by molar-refractivity contribution is 9.10. The lowest BCUT2D eigenvalue weighted by atomic mass is 10.2. The molecular weight excluding hydrogens is 354 g/mol. The number of carbonyl (C=O) groups is 2. The number of nitrogens with two attached hydrogens (primary N) is 1. The van der Waals surface area contributed by atoms with Crippen molar-refractivity contribution in [3.63, 3.8) is 0 Å². The number of rotatable bonds is 4. The van der Waals surface area contributed by atoms with Crippen molar-refractivity contribution in [2.24, 2.45) is 0 Å². The summed E-state index contributed by atoms with van der Waals surface area (Å²) in [6.45, 7) is 3.15. The number of anilines is 2. The van der Waals surface area contributed by atoms with E-state index in [1.807, 2.05) is 0 Å². The predicted molar refractivity (Wildman–Crippen MR) is 83.3 cm³/mol. The molecule has 1 aromatic carbocycles. The maximum Gasteiger partial charge on any atom is 0.341 e. The number of nitrogens with zero attached hydrogens (tertiary/aromatic N) is 1. The first-order valence-electron chi connectivity index (χ1n) is 6.37. The number of esters is 1. The molecule has 3 N–H and O–H groups in total. The lowest BCUT2D eigenvalue weighted by Gasteiger charge is -2.13. The topological polar surface area (TPSA) is 107 Å². The zero-order valence-electron chi connectivity index (χ0n) is 11.9. The fourth-order valence-electron chi connectivity index (χ4n) is 1.64. The molecule has 1 heterocycles. The second-order valence-electron chi connectivity index (χ2n) is 4.59. The van der Waals surface area contributed by atoms with Crippen molar-refractivity contribution < 1.29 is 18.8 Å². The number of hydrogen-bond acceptors (Lipinski definition) is 6. The molecule has 0 unspecified atom stereocenters. The number of halogens is 1. The van der Waals surface area contributed by atoms with Gasteiger partial charge in [-0.15, -0.1) is 0 Å². The monoisotopic (exact) mass is 367 g/mol. The third kappa shape index (κ3) is 3.85. The first-order chi connectivity index (χ1) is 10.4. The molecule has 0 fully saturated rings. The molecule has 1 atom stereocenters. The van der Waals surface area contributed by atoms with Crippen LogP contribution in [0.1, 0.15) is 23.0 Å². The molecule has 2 aromatic rings. The molecule has 1 amide bonds. The zero-order chi connectivity index (χ0) is 16.3. The van der Waals surface area contributed by atoms with Crippen molar-refractivity contribution in [2.45, 2.75) is 20.0 Å². The maximum absolute atomic E-state index is 12.1. The number of aromatic nitrogens is 1. The number of hydrogen-bond donors (Lipinski definition) is 2. The Balaban J connectivity index is 2.01. The normalized spacial score (nSPS) is 11.8. The van der Waals surface area contributed by atoms with Gasteiger partial charge >= 0.3 is 5.97 Å². The van der Waals surface area contributed by atoms with E-state index in [1.165, 1.54) is 13.0 Å². The molecule has 22 heavy (non-hydrogen) atoms. The highest BCUT2D eigenvalue weighted by Crippen LogP contribution is 2.20. The van der Waals surface area contributed by atoms with Crippen molar-refractivity contribution in [3.8, 4) is 0 Å². The van der Waals surface area contributed by atoms with Crippen LogP contribution < -0.4 is 11.1 Å². The number of nitrogen functional groups attached to an aromatic ring is 1. The van der Waals surface area contributed by atoms with Gasteiger partial charge in [0.2, 0.25) is 0 Å². The van der Waals surface area contributed by atoms with Crippen LogP contribution in [0.5, 0.6) is 0 Å². The van der Waals surface area contributed by atoms with Crippen molar-refractivity contribution in [3.05, 3.63) is 40.1 Å². The standard InChI is InChI=1S/C14H14BrN3O4/c1-7-5-12(18-22-7)17-13(19)8(2)21-14(20)10-6-9(15)3-4-11(10)16/h3-6,8H,16H2,1-2H3,(H,17,18,19)/t8-/m0/s1. The molecule has 0 saturated carbocycles. The summed E-state index contributed by atoms with van der Waals surface area (Å²) in [5.74, 6) is -0.387. The average molecular weight is 368 g/mol. The van der Waals surface area contributed by atoms with Crippen LogP contribution in [-0.4, -0.2) is 23.1 Å². The summed E-state index contributed by atoms with van der Waals surface area (Å²) in [6, 6.07) is 6.36. The van der Waals surface area contributed by atoms with Crippen LogP contribution in [0.15, 0.2) is 33.3 Å². The van der Waals surface area contributed by atoms with Crippen molar-refractivity contribution >= 4 is 39.3 Å². The Morgan fingerprint density at radius 2 is 2.14 bits per heavy atom. The average Bonchev–Trinajstić information content (AvgIpc) is 2.86. The summed E-state index contributed by atoms with van der Waals surface area (Å²) in [7, 11) is 0. The van der Waals surface area contributed by atoms with Gasteiger partial charge in [0.15, 0.2) is 11.9 Å². The summed E-state index contributed by atoms with van der Waals surface area (Å²) < 4.78 is 10.6. The molecule has 8 heteroatoms. The Bertz CT molecular complexity index is 714. The first kappa shape index (κ1) is 16.0. The van der Waals surface area contributed by atoms with Crippen LogP contribution in [0.3, 0.4) is 0 Å². The van der Waals surface area contributed by atoms with Gasteiger partial charge in [-0.1, -0.05) is 21.1 Å². The van der Waals surface area contributed by atoms with E-state index >= 15 is 0 Å². The minimum absolute atomic E-state index is 0.186. The number of carbonyl (C=O) groups excluding carboxylic acids is 2. The number of benzene rings is 1. The fraction of sp³-hybridized carbons (Fsp3) is 0.214. The van der Waals surface area contributed by atoms with E-state index < -0.39 is 18.0 Å². The van der Waals surface area contributed by atoms with E-state index in [2.05, 4.69) is 26.4 Å². The third-order valence-corrected chi connectivity index (χ3v) is 3.26. The molecule has 2 rings (SSSR count). The Hall–Kier alpha value is -2.35. The SMILES string of the molecule is Cc1cc(NC(=O)[C@H](C)OC(=O)c2cc(Br)ccc2N)no1. The summed E-state index contributed by atoms with van der Waals surface area (Å²) in [5, 5.41) is 6.11. The zero-order valence-corrected chi connectivity index (χ0v) is 13.5. The molecule has 0 radical (unpaired) electrons. The van der Waals surface area contributed by atoms with E-state index in [0.29, 0.717) is 10.2 Å². The van der Waals surface area contributed by atoms with Gasteiger partial charge in [-0.3, -0.25) is 4.79 Å². The van der Waals surface area contributed by atoms with E-state index in [9.17, 15) is 9.59 Å². The molecule has 0 aliphatic rings. The van der Waals surface area contributed by atoms with Crippen LogP contribution in [0.25, 0.3) is 0 Å². The minimum Gasteiger partial charge on any atom is -0.449 e. The highest BCUT2D eigenvalue weighted by atomic mass is 79.9. The minimum atomic E-state index is -1.01. The summed E-state index contributed by atoms with van der Waals surface area (Å²) in [5.41, 5.74) is 6.18. The van der Waals surface area contributed by atoms with Gasteiger partial charge in [0.1, 0.15) is 5.76 Å². The Morgan fingerprint density at radius 3 is 2.77 bits per heavy atom. The maximum atomic E-state index is 12.1. The molecule has 116 valence electrons. The van der Waals surface area contributed by atoms with Gasteiger partial charge in [0.25, 0.3) is 5.91 Å². The molecule has 0 saturated heterocycles. The summed E-state index contributed by atoms with van der Waals surface area (Å²) in [6.07, 6.45) is -1.01. The van der Waals surface area contributed by atoms with E-state index in [1.54, 1.807) is 25.1 Å².